The third-order valence-corrected chi connectivity index (χ3v) is 6.55. The molecule has 0 aliphatic heterocycles. The molecule has 2 heterocycles. The van der Waals surface area contributed by atoms with Gasteiger partial charge in [-0.25, -0.2) is 27.8 Å². The summed E-state index contributed by atoms with van der Waals surface area (Å²) in [4.78, 5) is 20.8. The van der Waals surface area contributed by atoms with Crippen molar-refractivity contribution in [1.82, 2.24) is 19.3 Å². The lowest BCUT2D eigenvalue weighted by Gasteiger charge is -2.11. The van der Waals surface area contributed by atoms with Crippen molar-refractivity contribution in [2.75, 3.05) is 15.4 Å². The van der Waals surface area contributed by atoms with Crippen LogP contribution in [0.1, 0.15) is 5.69 Å². The fraction of sp³-hybridized carbons (Fsp3) is 0.0909. The minimum absolute atomic E-state index is 0.0190. The minimum atomic E-state index is -3.84. The molecule has 0 spiro atoms. The minimum Gasteiger partial charge on any atom is -0.332 e. The second-order valence-electron chi connectivity index (χ2n) is 7.22. The van der Waals surface area contributed by atoms with Crippen molar-refractivity contribution in [3.8, 4) is 5.69 Å². The summed E-state index contributed by atoms with van der Waals surface area (Å²) >= 11 is 5.37. The Bertz CT molecular complexity index is 1480. The fourth-order valence-electron chi connectivity index (χ4n) is 3.24. The van der Waals surface area contributed by atoms with Gasteiger partial charge in [0.15, 0.2) is 5.11 Å². The molecular weight excluding hydrogens is 474 g/mol. The molecular formula is C22H21N7O3S2. The Morgan fingerprint density at radius 1 is 0.941 bits per heavy atom. The molecule has 10 nitrogen and oxygen atoms in total. The third-order valence-electron chi connectivity index (χ3n) is 5.01. The van der Waals surface area contributed by atoms with Gasteiger partial charge in [0, 0.05) is 25.1 Å². The molecule has 4 aromatic rings. The standard InChI is InChI=1S/C22H21N7O3S2/c1-15-19(20(30)29(28(15)2)17-7-4-3-5-8-17)26-22(33)25-16-9-11-18(12-10-16)34(31,32)27-21-23-13-6-14-24-21/h3-14H,1-2H3,(H,23,24,27)(H2,25,26,33). The second-order valence-corrected chi connectivity index (χ2v) is 9.31. The number of hydrogen-bond donors (Lipinski definition) is 3. The van der Waals surface area contributed by atoms with Gasteiger partial charge in [-0.1, -0.05) is 18.2 Å². The SMILES string of the molecule is Cc1c(NC(=S)Nc2ccc(S(=O)(=O)Nc3ncccn3)cc2)c(=O)n(-c2ccccc2)n1C. The summed E-state index contributed by atoms with van der Waals surface area (Å²) < 4.78 is 30.6. The van der Waals surface area contributed by atoms with Gasteiger partial charge in [0.2, 0.25) is 5.95 Å². The second kappa shape index (κ2) is 9.45. The molecule has 0 saturated heterocycles. The molecule has 12 heteroatoms. The van der Waals surface area contributed by atoms with E-state index in [-0.39, 0.29) is 21.5 Å². The first-order valence-corrected chi connectivity index (χ1v) is 12.0. The predicted octanol–water partition coefficient (Wildman–Crippen LogP) is 2.88. The first-order chi connectivity index (χ1) is 16.3. The zero-order valence-corrected chi connectivity index (χ0v) is 19.9. The van der Waals surface area contributed by atoms with Gasteiger partial charge in [-0.05, 0) is 61.6 Å². The van der Waals surface area contributed by atoms with Crippen LogP contribution in [0.3, 0.4) is 0 Å². The zero-order valence-electron chi connectivity index (χ0n) is 18.3. The van der Waals surface area contributed by atoms with E-state index in [1.165, 1.54) is 24.5 Å². The summed E-state index contributed by atoms with van der Waals surface area (Å²) in [5.74, 6) is -0.0190. The van der Waals surface area contributed by atoms with Gasteiger partial charge < -0.3 is 10.6 Å². The van der Waals surface area contributed by atoms with Gasteiger partial charge in [0.25, 0.3) is 15.6 Å². The van der Waals surface area contributed by atoms with Crippen molar-refractivity contribution < 1.29 is 8.42 Å². The molecule has 0 radical (unpaired) electrons. The van der Waals surface area contributed by atoms with Crippen molar-refractivity contribution in [3.05, 3.63) is 89.1 Å². The molecule has 2 aromatic carbocycles. The molecule has 4 rings (SSSR count). The molecule has 0 atom stereocenters. The molecule has 0 amide bonds. The molecule has 0 aliphatic rings. The lowest BCUT2D eigenvalue weighted by molar-refractivity contribution is 0.601. The van der Waals surface area contributed by atoms with Gasteiger partial charge >= 0.3 is 0 Å². The van der Waals surface area contributed by atoms with E-state index in [9.17, 15) is 13.2 Å². The van der Waals surface area contributed by atoms with Crippen LogP contribution in [0.25, 0.3) is 5.69 Å². The third kappa shape index (κ3) is 4.82. The van der Waals surface area contributed by atoms with Gasteiger partial charge in [-0.2, -0.15) is 0 Å². The van der Waals surface area contributed by atoms with Crippen LogP contribution in [0.2, 0.25) is 0 Å². The summed E-state index contributed by atoms with van der Waals surface area (Å²) in [6.45, 7) is 1.81. The lowest BCUT2D eigenvalue weighted by Crippen LogP contribution is -2.25. The van der Waals surface area contributed by atoms with E-state index >= 15 is 0 Å². The zero-order chi connectivity index (χ0) is 24.3. The smallest absolute Gasteiger partial charge is 0.295 e. The topological polar surface area (TPSA) is 123 Å². The van der Waals surface area contributed by atoms with Crippen LogP contribution >= 0.6 is 12.2 Å². The van der Waals surface area contributed by atoms with Crippen molar-refractivity contribution in [2.45, 2.75) is 11.8 Å². The molecule has 174 valence electrons. The first-order valence-electron chi connectivity index (χ1n) is 10.1. The molecule has 0 aliphatic carbocycles. The highest BCUT2D eigenvalue weighted by Crippen LogP contribution is 2.18. The normalized spacial score (nSPS) is 11.1. The molecule has 0 fully saturated rings. The van der Waals surface area contributed by atoms with E-state index < -0.39 is 10.0 Å². The lowest BCUT2D eigenvalue weighted by atomic mass is 10.3. The first kappa shape index (κ1) is 23.1. The number of anilines is 3. The van der Waals surface area contributed by atoms with Crippen LogP contribution in [-0.2, 0) is 17.1 Å². The average molecular weight is 496 g/mol. The average Bonchev–Trinajstić information content (AvgIpc) is 3.03. The summed E-state index contributed by atoms with van der Waals surface area (Å²) in [5, 5.41) is 6.11. The molecule has 0 unspecified atom stereocenters. The Morgan fingerprint density at radius 3 is 2.24 bits per heavy atom. The summed E-state index contributed by atoms with van der Waals surface area (Å²) in [6, 6.07) is 16.8. The maximum Gasteiger partial charge on any atom is 0.295 e. The van der Waals surface area contributed by atoms with Crippen LogP contribution < -0.4 is 20.9 Å². The van der Waals surface area contributed by atoms with E-state index in [4.69, 9.17) is 12.2 Å². The Hall–Kier alpha value is -4.03. The van der Waals surface area contributed by atoms with Gasteiger partial charge in [-0.15, -0.1) is 0 Å². The highest BCUT2D eigenvalue weighted by atomic mass is 32.2. The van der Waals surface area contributed by atoms with Gasteiger partial charge in [0.1, 0.15) is 5.69 Å². The molecule has 34 heavy (non-hydrogen) atoms. The van der Waals surface area contributed by atoms with Crippen LogP contribution in [0, 0.1) is 6.92 Å². The molecule has 0 bridgehead atoms. The van der Waals surface area contributed by atoms with Crippen LogP contribution in [0.4, 0.5) is 17.3 Å². The predicted molar refractivity (Wildman–Crippen MR) is 135 cm³/mol. The largest absolute Gasteiger partial charge is 0.332 e. The fourth-order valence-corrected chi connectivity index (χ4v) is 4.41. The Balaban J connectivity index is 1.48. The monoisotopic (exact) mass is 495 g/mol. The number of thiocarbonyl (C=S) groups is 1. The highest BCUT2D eigenvalue weighted by Gasteiger charge is 2.18. The van der Waals surface area contributed by atoms with Crippen molar-refractivity contribution in [3.63, 3.8) is 0 Å². The number of benzene rings is 2. The van der Waals surface area contributed by atoms with E-state index in [2.05, 4.69) is 25.3 Å². The molecule has 0 saturated carbocycles. The summed E-state index contributed by atoms with van der Waals surface area (Å²) in [5.41, 5.74) is 2.08. The number of para-hydroxylation sites is 1. The number of aromatic nitrogens is 4. The van der Waals surface area contributed by atoms with Crippen molar-refractivity contribution in [2.24, 2.45) is 7.05 Å². The van der Waals surface area contributed by atoms with Crippen molar-refractivity contribution in [1.29, 1.82) is 0 Å². The summed E-state index contributed by atoms with van der Waals surface area (Å²) in [6.07, 6.45) is 2.88. The summed E-state index contributed by atoms with van der Waals surface area (Å²) in [7, 11) is -2.05. The number of rotatable bonds is 6. The maximum absolute atomic E-state index is 13.0. The number of nitrogens with one attached hydrogen (secondary N) is 3. The quantitative estimate of drug-likeness (QED) is 0.349. The van der Waals surface area contributed by atoms with Gasteiger partial charge in [0.05, 0.1) is 16.3 Å². The van der Waals surface area contributed by atoms with Gasteiger partial charge in [-0.3, -0.25) is 9.48 Å². The van der Waals surface area contributed by atoms with Crippen LogP contribution in [-0.4, -0.2) is 32.9 Å². The van der Waals surface area contributed by atoms with Crippen LogP contribution in [0.15, 0.2) is 82.7 Å². The van der Waals surface area contributed by atoms with Crippen molar-refractivity contribution >= 4 is 44.7 Å². The van der Waals surface area contributed by atoms with E-state index in [0.717, 1.165) is 5.69 Å². The Morgan fingerprint density at radius 2 is 1.59 bits per heavy atom. The Labute approximate surface area is 201 Å². The number of hydrogen-bond acceptors (Lipinski definition) is 6. The van der Waals surface area contributed by atoms with E-state index in [1.54, 1.807) is 34.6 Å². The van der Waals surface area contributed by atoms with Crippen LogP contribution in [0.5, 0.6) is 0 Å². The highest BCUT2D eigenvalue weighted by molar-refractivity contribution is 7.92. The van der Waals surface area contributed by atoms with E-state index in [0.29, 0.717) is 17.1 Å². The molecule has 2 aromatic heterocycles. The Kier molecular flexibility index (Phi) is 6.43. The number of nitrogens with zero attached hydrogens (tertiary/aromatic N) is 4. The molecule has 3 N–H and O–H groups in total. The number of sulfonamides is 1. The van der Waals surface area contributed by atoms with E-state index in [1.807, 2.05) is 37.3 Å². The maximum atomic E-state index is 13.0.